The van der Waals surface area contributed by atoms with Crippen LogP contribution >= 0.6 is 0 Å². The number of ether oxygens (including phenoxy) is 2. The van der Waals surface area contributed by atoms with Gasteiger partial charge >= 0.3 is 0 Å². The molecule has 0 aliphatic heterocycles. The third kappa shape index (κ3) is 3.37. The molecule has 1 aromatic heterocycles. The van der Waals surface area contributed by atoms with Gasteiger partial charge in [-0.3, -0.25) is 4.98 Å². The molecule has 0 unspecified atom stereocenters. The number of fused-ring (bicyclic) bond motifs is 1. The maximum atomic E-state index is 5.33. The number of hydrogen-bond donors (Lipinski definition) is 1. The highest BCUT2D eigenvalue weighted by Crippen LogP contribution is 2.27. The van der Waals surface area contributed by atoms with Crippen molar-refractivity contribution in [2.45, 2.75) is 13.5 Å². The second kappa shape index (κ2) is 6.57. The van der Waals surface area contributed by atoms with Crippen LogP contribution in [0.2, 0.25) is 0 Å². The molecule has 0 spiro atoms. The van der Waals surface area contributed by atoms with Crippen molar-refractivity contribution >= 4 is 16.6 Å². The molecule has 0 bridgehead atoms. The van der Waals surface area contributed by atoms with E-state index in [1.807, 2.05) is 43.3 Å². The zero-order valence-corrected chi connectivity index (χ0v) is 13.6. The first-order valence-electron chi connectivity index (χ1n) is 7.52. The van der Waals surface area contributed by atoms with Crippen molar-refractivity contribution in [2.24, 2.45) is 0 Å². The molecule has 0 saturated carbocycles. The minimum Gasteiger partial charge on any atom is -0.497 e. The summed E-state index contributed by atoms with van der Waals surface area (Å²) >= 11 is 0. The summed E-state index contributed by atoms with van der Waals surface area (Å²) in [4.78, 5) is 4.58. The molecule has 0 radical (unpaired) electrons. The van der Waals surface area contributed by atoms with E-state index in [4.69, 9.17) is 9.47 Å². The summed E-state index contributed by atoms with van der Waals surface area (Å²) in [6.07, 6.45) is 0. The second-order valence-electron chi connectivity index (χ2n) is 5.40. The largest absolute Gasteiger partial charge is 0.497 e. The van der Waals surface area contributed by atoms with E-state index in [9.17, 15) is 0 Å². The topological polar surface area (TPSA) is 43.4 Å². The number of nitrogens with one attached hydrogen (secondary N) is 1. The highest BCUT2D eigenvalue weighted by molar-refractivity contribution is 5.92. The zero-order chi connectivity index (χ0) is 16.2. The van der Waals surface area contributed by atoms with Crippen molar-refractivity contribution in [2.75, 3.05) is 19.5 Å². The number of rotatable bonds is 5. The molecule has 1 heterocycles. The van der Waals surface area contributed by atoms with Crippen molar-refractivity contribution in [3.05, 3.63) is 59.8 Å². The van der Waals surface area contributed by atoms with Gasteiger partial charge in [-0.1, -0.05) is 12.1 Å². The molecule has 118 valence electrons. The van der Waals surface area contributed by atoms with E-state index in [0.29, 0.717) is 6.54 Å². The molecule has 0 amide bonds. The molecule has 3 rings (SSSR count). The van der Waals surface area contributed by atoms with Gasteiger partial charge in [0, 0.05) is 23.3 Å². The highest BCUT2D eigenvalue weighted by atomic mass is 16.5. The molecule has 2 aromatic carbocycles. The van der Waals surface area contributed by atoms with E-state index in [0.717, 1.165) is 39.3 Å². The minimum absolute atomic E-state index is 0.715. The summed E-state index contributed by atoms with van der Waals surface area (Å²) < 4.78 is 10.6. The Bertz CT molecular complexity index is 831. The van der Waals surface area contributed by atoms with Crippen LogP contribution in [0.15, 0.2) is 48.5 Å². The quantitative estimate of drug-likeness (QED) is 0.768. The van der Waals surface area contributed by atoms with Crippen LogP contribution in [0.5, 0.6) is 11.5 Å². The Labute approximate surface area is 136 Å². The number of hydrogen-bond acceptors (Lipinski definition) is 4. The van der Waals surface area contributed by atoms with E-state index >= 15 is 0 Å². The molecule has 4 heteroatoms. The lowest BCUT2D eigenvalue weighted by atomic mass is 10.1. The summed E-state index contributed by atoms with van der Waals surface area (Å²) in [7, 11) is 3.35. The van der Waals surface area contributed by atoms with Gasteiger partial charge in [-0.2, -0.15) is 0 Å². The van der Waals surface area contributed by atoms with Gasteiger partial charge < -0.3 is 14.8 Å². The van der Waals surface area contributed by atoms with Crippen molar-refractivity contribution in [3.8, 4) is 11.5 Å². The first-order chi connectivity index (χ1) is 11.2. The monoisotopic (exact) mass is 308 g/mol. The maximum absolute atomic E-state index is 5.33. The molecule has 3 aromatic rings. The van der Waals surface area contributed by atoms with Crippen molar-refractivity contribution < 1.29 is 9.47 Å². The lowest BCUT2D eigenvalue weighted by Gasteiger charge is -2.12. The lowest BCUT2D eigenvalue weighted by molar-refractivity contribution is 0.414. The normalized spacial score (nSPS) is 10.6. The Morgan fingerprint density at radius 1 is 0.957 bits per heavy atom. The van der Waals surface area contributed by atoms with Crippen LogP contribution in [-0.2, 0) is 6.54 Å². The lowest BCUT2D eigenvalue weighted by Crippen LogP contribution is -2.02. The number of pyridine rings is 1. The molecule has 0 saturated heterocycles. The van der Waals surface area contributed by atoms with Crippen LogP contribution in [-0.4, -0.2) is 19.2 Å². The zero-order valence-electron chi connectivity index (χ0n) is 13.6. The van der Waals surface area contributed by atoms with Gasteiger partial charge in [-0.25, -0.2) is 0 Å². The summed E-state index contributed by atoms with van der Waals surface area (Å²) in [6, 6.07) is 16.0. The third-order valence-electron chi connectivity index (χ3n) is 3.76. The number of benzene rings is 2. The Balaban J connectivity index is 1.92. The van der Waals surface area contributed by atoms with Crippen LogP contribution in [0.1, 0.15) is 11.3 Å². The number of nitrogens with zero attached hydrogens (tertiary/aromatic N) is 1. The highest BCUT2D eigenvalue weighted by Gasteiger charge is 2.06. The SMILES string of the molecule is COc1cccc(CNc2cc(C)nc3ccc(OC)cc23)c1. The van der Waals surface area contributed by atoms with E-state index in [1.165, 1.54) is 0 Å². The summed E-state index contributed by atoms with van der Waals surface area (Å²) in [6.45, 7) is 2.72. The maximum Gasteiger partial charge on any atom is 0.119 e. The molecule has 0 aliphatic rings. The number of aryl methyl sites for hydroxylation is 1. The standard InChI is InChI=1S/C19H20N2O2/c1-13-9-19(17-11-16(23-3)7-8-18(17)21-13)20-12-14-5-4-6-15(10-14)22-2/h4-11H,12H2,1-3H3,(H,20,21). The predicted octanol–water partition coefficient (Wildman–Crippen LogP) is 4.17. The summed E-state index contributed by atoms with van der Waals surface area (Å²) in [5, 5.41) is 4.55. The van der Waals surface area contributed by atoms with E-state index in [2.05, 4.69) is 22.4 Å². The predicted molar refractivity (Wildman–Crippen MR) is 93.4 cm³/mol. The fraction of sp³-hybridized carbons (Fsp3) is 0.211. The molecule has 23 heavy (non-hydrogen) atoms. The Morgan fingerprint density at radius 3 is 2.52 bits per heavy atom. The van der Waals surface area contributed by atoms with Gasteiger partial charge in [0.1, 0.15) is 11.5 Å². The van der Waals surface area contributed by atoms with Crippen LogP contribution < -0.4 is 14.8 Å². The molecule has 0 atom stereocenters. The Morgan fingerprint density at radius 2 is 1.74 bits per heavy atom. The van der Waals surface area contributed by atoms with Gasteiger partial charge in [-0.15, -0.1) is 0 Å². The first-order valence-corrected chi connectivity index (χ1v) is 7.52. The average molecular weight is 308 g/mol. The fourth-order valence-electron chi connectivity index (χ4n) is 2.59. The number of aromatic nitrogens is 1. The minimum atomic E-state index is 0.715. The van der Waals surface area contributed by atoms with E-state index in [-0.39, 0.29) is 0 Å². The van der Waals surface area contributed by atoms with Gasteiger partial charge in [0.25, 0.3) is 0 Å². The van der Waals surface area contributed by atoms with Crippen molar-refractivity contribution in [1.29, 1.82) is 0 Å². The van der Waals surface area contributed by atoms with Gasteiger partial charge in [0.15, 0.2) is 0 Å². The van der Waals surface area contributed by atoms with Crippen LogP contribution in [0.25, 0.3) is 10.9 Å². The number of methoxy groups -OCH3 is 2. The van der Waals surface area contributed by atoms with Crippen LogP contribution in [0, 0.1) is 6.92 Å². The molecule has 1 N–H and O–H groups in total. The van der Waals surface area contributed by atoms with Gasteiger partial charge in [0.2, 0.25) is 0 Å². The van der Waals surface area contributed by atoms with Crippen molar-refractivity contribution in [1.82, 2.24) is 4.98 Å². The second-order valence-corrected chi connectivity index (χ2v) is 5.40. The van der Waals surface area contributed by atoms with Crippen LogP contribution in [0.4, 0.5) is 5.69 Å². The average Bonchev–Trinajstić information content (AvgIpc) is 2.59. The molecule has 4 nitrogen and oxygen atoms in total. The van der Waals surface area contributed by atoms with Gasteiger partial charge in [0.05, 0.1) is 19.7 Å². The smallest absolute Gasteiger partial charge is 0.119 e. The first kappa shape index (κ1) is 15.2. The van der Waals surface area contributed by atoms with Gasteiger partial charge in [-0.05, 0) is 48.9 Å². The number of anilines is 1. The Kier molecular flexibility index (Phi) is 4.33. The molecule has 0 fully saturated rings. The Hall–Kier alpha value is -2.75. The van der Waals surface area contributed by atoms with Crippen molar-refractivity contribution in [3.63, 3.8) is 0 Å². The van der Waals surface area contributed by atoms with Crippen LogP contribution in [0.3, 0.4) is 0 Å². The summed E-state index contributed by atoms with van der Waals surface area (Å²) in [5.41, 5.74) is 4.15. The molecule has 0 aliphatic carbocycles. The summed E-state index contributed by atoms with van der Waals surface area (Å²) in [5.74, 6) is 1.69. The molecular formula is C19H20N2O2. The molecular weight excluding hydrogens is 288 g/mol. The van der Waals surface area contributed by atoms with E-state index < -0.39 is 0 Å². The fourth-order valence-corrected chi connectivity index (χ4v) is 2.59. The van der Waals surface area contributed by atoms with E-state index in [1.54, 1.807) is 14.2 Å². The third-order valence-corrected chi connectivity index (χ3v) is 3.76.